The lowest BCUT2D eigenvalue weighted by molar-refractivity contribution is 0.283. The van der Waals surface area contributed by atoms with Gasteiger partial charge in [-0.3, -0.25) is 4.98 Å². The van der Waals surface area contributed by atoms with Crippen molar-refractivity contribution >= 4 is 26.8 Å². The van der Waals surface area contributed by atoms with Crippen molar-refractivity contribution in [2.24, 2.45) is 0 Å². The third-order valence-corrected chi connectivity index (χ3v) is 2.39. The van der Waals surface area contributed by atoms with Crippen molar-refractivity contribution in [1.29, 1.82) is 0 Å². The van der Waals surface area contributed by atoms with E-state index in [2.05, 4.69) is 20.9 Å². The van der Waals surface area contributed by atoms with Crippen LogP contribution in [0.3, 0.4) is 0 Å². The summed E-state index contributed by atoms with van der Waals surface area (Å²) in [5.41, 5.74) is 1.82. The van der Waals surface area contributed by atoms with Gasteiger partial charge in [0.25, 0.3) is 0 Å². The Morgan fingerprint density at radius 3 is 3.00 bits per heavy atom. The molecule has 0 aliphatic carbocycles. The van der Waals surface area contributed by atoms with E-state index in [9.17, 15) is 0 Å². The Bertz CT molecular complexity index is 442. The molecule has 13 heavy (non-hydrogen) atoms. The van der Waals surface area contributed by atoms with Crippen LogP contribution in [0.25, 0.3) is 10.9 Å². The van der Waals surface area contributed by atoms with Gasteiger partial charge in [0, 0.05) is 16.1 Å². The number of hydrogen-bond donors (Lipinski definition) is 1. The van der Waals surface area contributed by atoms with Gasteiger partial charge < -0.3 is 5.11 Å². The lowest BCUT2D eigenvalue weighted by Gasteiger charge is -2.02. The number of nitrogens with zero attached hydrogens (tertiary/aromatic N) is 1. The fourth-order valence-corrected chi connectivity index (χ4v) is 1.65. The lowest BCUT2D eigenvalue weighted by atomic mass is 10.1. The lowest BCUT2D eigenvalue weighted by Crippen LogP contribution is -1.87. The van der Waals surface area contributed by atoms with Crippen LogP contribution in [0.2, 0.25) is 0 Å². The molecule has 0 radical (unpaired) electrons. The average molecular weight is 238 g/mol. The maximum Gasteiger partial charge on any atom is 0.0706 e. The first-order valence-electron chi connectivity index (χ1n) is 3.95. The summed E-state index contributed by atoms with van der Waals surface area (Å²) in [4.78, 5) is 4.23. The quantitative estimate of drug-likeness (QED) is 0.827. The van der Waals surface area contributed by atoms with Crippen LogP contribution in [0.5, 0.6) is 0 Å². The van der Waals surface area contributed by atoms with Crippen molar-refractivity contribution in [3.63, 3.8) is 0 Å². The Balaban J connectivity index is 2.79. The Hall–Kier alpha value is -0.930. The number of aromatic nitrogens is 1. The maximum absolute atomic E-state index is 9.08. The first kappa shape index (κ1) is 8.66. The summed E-state index contributed by atoms with van der Waals surface area (Å²) in [6, 6.07) is 7.69. The van der Waals surface area contributed by atoms with E-state index in [1.165, 1.54) is 0 Å². The zero-order valence-corrected chi connectivity index (χ0v) is 8.45. The summed E-state index contributed by atoms with van der Waals surface area (Å²) in [6.45, 7) is 0.0511. The van der Waals surface area contributed by atoms with Crippen LogP contribution in [0.4, 0.5) is 0 Å². The number of fused-ring (bicyclic) bond motifs is 1. The van der Waals surface area contributed by atoms with Gasteiger partial charge >= 0.3 is 0 Å². The molecule has 0 bridgehead atoms. The summed E-state index contributed by atoms with van der Waals surface area (Å²) < 4.78 is 0.931. The summed E-state index contributed by atoms with van der Waals surface area (Å²) in [7, 11) is 0. The van der Waals surface area contributed by atoms with Crippen LogP contribution in [0, 0.1) is 0 Å². The van der Waals surface area contributed by atoms with Crippen LogP contribution < -0.4 is 0 Å². The molecule has 0 fully saturated rings. The normalized spacial score (nSPS) is 10.6. The molecule has 1 aromatic heterocycles. The van der Waals surface area contributed by atoms with Gasteiger partial charge in [-0.1, -0.05) is 12.1 Å². The second-order valence-electron chi connectivity index (χ2n) is 2.80. The molecule has 0 amide bonds. The second kappa shape index (κ2) is 3.44. The van der Waals surface area contributed by atoms with Crippen LogP contribution in [-0.2, 0) is 6.61 Å². The van der Waals surface area contributed by atoms with Crippen LogP contribution >= 0.6 is 15.9 Å². The van der Waals surface area contributed by atoms with Gasteiger partial charge in [0.2, 0.25) is 0 Å². The minimum absolute atomic E-state index is 0.0511. The second-order valence-corrected chi connectivity index (χ2v) is 3.71. The minimum atomic E-state index is 0.0511. The number of hydrogen-bond acceptors (Lipinski definition) is 2. The Morgan fingerprint density at radius 1 is 1.38 bits per heavy atom. The third kappa shape index (κ3) is 1.57. The standard InChI is InChI=1S/C10H8BrNO/c11-8-4-9-7(6-13)2-1-3-10(9)12-5-8/h1-5,13H,6H2. The van der Waals surface area contributed by atoms with E-state index in [0.717, 1.165) is 20.9 Å². The van der Waals surface area contributed by atoms with E-state index in [0.29, 0.717) is 0 Å². The molecule has 0 atom stereocenters. The molecule has 1 aromatic carbocycles. The molecular formula is C10H8BrNO. The van der Waals surface area contributed by atoms with Crippen LogP contribution in [0.15, 0.2) is 34.9 Å². The third-order valence-electron chi connectivity index (χ3n) is 1.95. The first-order chi connectivity index (χ1) is 6.31. The molecule has 0 unspecified atom stereocenters. The molecule has 0 aliphatic heterocycles. The maximum atomic E-state index is 9.08. The van der Waals surface area contributed by atoms with Gasteiger partial charge in [0.1, 0.15) is 0 Å². The zero-order chi connectivity index (χ0) is 9.26. The molecule has 1 N–H and O–H groups in total. The monoisotopic (exact) mass is 237 g/mol. The fourth-order valence-electron chi connectivity index (χ4n) is 1.32. The Morgan fingerprint density at radius 2 is 2.23 bits per heavy atom. The van der Waals surface area contributed by atoms with Gasteiger partial charge in [-0.25, -0.2) is 0 Å². The van der Waals surface area contributed by atoms with Crippen molar-refractivity contribution in [1.82, 2.24) is 4.98 Å². The van der Waals surface area contributed by atoms with Gasteiger partial charge in [-0.15, -0.1) is 0 Å². The Kier molecular flexibility index (Phi) is 2.29. The van der Waals surface area contributed by atoms with Gasteiger partial charge in [0.05, 0.1) is 12.1 Å². The summed E-state index contributed by atoms with van der Waals surface area (Å²) in [5, 5.41) is 10.1. The fraction of sp³-hybridized carbons (Fsp3) is 0.100. The van der Waals surface area contributed by atoms with Crippen molar-refractivity contribution in [3.05, 3.63) is 40.5 Å². The van der Waals surface area contributed by atoms with E-state index in [-0.39, 0.29) is 6.61 Å². The number of benzene rings is 1. The SMILES string of the molecule is OCc1cccc2ncc(Br)cc12. The number of halogens is 1. The number of pyridine rings is 1. The average Bonchev–Trinajstić information content (AvgIpc) is 2.17. The molecule has 0 saturated heterocycles. The molecule has 0 aliphatic rings. The van der Waals surface area contributed by atoms with E-state index in [1.54, 1.807) is 6.20 Å². The zero-order valence-electron chi connectivity index (χ0n) is 6.87. The van der Waals surface area contributed by atoms with Crippen LogP contribution in [-0.4, -0.2) is 10.1 Å². The predicted octanol–water partition coefficient (Wildman–Crippen LogP) is 2.49. The molecule has 66 valence electrons. The van der Waals surface area contributed by atoms with Crippen LogP contribution in [0.1, 0.15) is 5.56 Å². The van der Waals surface area contributed by atoms with Crippen molar-refractivity contribution < 1.29 is 5.11 Å². The summed E-state index contributed by atoms with van der Waals surface area (Å²) in [6.07, 6.45) is 1.75. The van der Waals surface area contributed by atoms with Gasteiger partial charge in [-0.2, -0.15) is 0 Å². The number of aliphatic hydroxyl groups is 1. The van der Waals surface area contributed by atoms with E-state index < -0.39 is 0 Å². The predicted molar refractivity (Wildman–Crippen MR) is 55.4 cm³/mol. The van der Waals surface area contributed by atoms with Gasteiger partial charge in [0.15, 0.2) is 0 Å². The molecule has 1 heterocycles. The first-order valence-corrected chi connectivity index (χ1v) is 4.74. The molecule has 2 aromatic rings. The molecule has 2 nitrogen and oxygen atoms in total. The molecule has 0 spiro atoms. The highest BCUT2D eigenvalue weighted by Gasteiger charge is 2.00. The Labute approximate surface area is 84.4 Å². The van der Waals surface area contributed by atoms with E-state index >= 15 is 0 Å². The van der Waals surface area contributed by atoms with Crippen molar-refractivity contribution in [3.8, 4) is 0 Å². The van der Waals surface area contributed by atoms with E-state index in [1.807, 2.05) is 24.3 Å². The number of aliphatic hydroxyl groups excluding tert-OH is 1. The summed E-state index contributed by atoms with van der Waals surface area (Å²) >= 11 is 3.35. The highest BCUT2D eigenvalue weighted by atomic mass is 79.9. The molecular weight excluding hydrogens is 230 g/mol. The van der Waals surface area contributed by atoms with Crippen molar-refractivity contribution in [2.75, 3.05) is 0 Å². The largest absolute Gasteiger partial charge is 0.392 e. The highest BCUT2D eigenvalue weighted by Crippen LogP contribution is 2.20. The summed E-state index contributed by atoms with van der Waals surface area (Å²) in [5.74, 6) is 0. The molecule has 2 rings (SSSR count). The topological polar surface area (TPSA) is 33.1 Å². The highest BCUT2D eigenvalue weighted by molar-refractivity contribution is 9.10. The molecule has 0 saturated carbocycles. The smallest absolute Gasteiger partial charge is 0.0706 e. The number of rotatable bonds is 1. The van der Waals surface area contributed by atoms with E-state index in [4.69, 9.17) is 5.11 Å². The van der Waals surface area contributed by atoms with Gasteiger partial charge in [-0.05, 0) is 33.6 Å². The minimum Gasteiger partial charge on any atom is -0.392 e. The molecule has 3 heteroatoms. The van der Waals surface area contributed by atoms with Crippen molar-refractivity contribution in [2.45, 2.75) is 6.61 Å².